The molecule has 0 saturated heterocycles. The molecule has 0 amide bonds. The Kier molecular flexibility index (Phi) is 2.69. The second-order valence-electron chi connectivity index (χ2n) is 4.36. The van der Waals surface area contributed by atoms with Crippen LogP contribution in [0.4, 0.5) is 5.69 Å². The smallest absolute Gasteiger partial charge is 0.0708 e. The Morgan fingerprint density at radius 3 is 2.67 bits per heavy atom. The van der Waals surface area contributed by atoms with E-state index in [1.165, 1.54) is 16.7 Å². The summed E-state index contributed by atoms with van der Waals surface area (Å²) < 4.78 is 0. The number of fused-ring (bicyclic) bond motifs is 1. The van der Waals surface area contributed by atoms with Gasteiger partial charge in [-0.2, -0.15) is 0 Å². The minimum atomic E-state index is 1.05. The molecule has 2 heterocycles. The number of allylic oxidation sites excluding steroid dienone is 6. The van der Waals surface area contributed by atoms with Crippen molar-refractivity contribution in [2.45, 2.75) is 0 Å². The number of benzene rings is 1. The fourth-order valence-corrected chi connectivity index (χ4v) is 1.98. The van der Waals surface area contributed by atoms with Crippen LogP contribution in [0, 0.1) is 0 Å². The van der Waals surface area contributed by atoms with Crippen molar-refractivity contribution in [2.24, 2.45) is 4.99 Å². The maximum Gasteiger partial charge on any atom is 0.0708 e. The molecule has 2 aliphatic heterocycles. The zero-order valence-corrected chi connectivity index (χ0v) is 10.2. The van der Waals surface area contributed by atoms with Crippen molar-refractivity contribution >= 4 is 17.5 Å². The Morgan fingerprint density at radius 1 is 1.06 bits per heavy atom. The molecule has 0 radical (unpaired) electrons. The van der Waals surface area contributed by atoms with Crippen LogP contribution in [0.5, 0.6) is 0 Å². The van der Waals surface area contributed by atoms with Crippen LogP contribution >= 0.6 is 0 Å². The van der Waals surface area contributed by atoms with Gasteiger partial charge in [0, 0.05) is 36.8 Å². The van der Waals surface area contributed by atoms with Crippen LogP contribution < -0.4 is 0 Å². The fourth-order valence-electron chi connectivity index (χ4n) is 1.98. The largest absolute Gasteiger partial charge is 0.357 e. The molecule has 0 atom stereocenters. The van der Waals surface area contributed by atoms with Gasteiger partial charge in [0.15, 0.2) is 0 Å². The average Bonchev–Trinajstić information content (AvgIpc) is 2.82. The van der Waals surface area contributed by atoms with Crippen molar-refractivity contribution in [2.75, 3.05) is 7.05 Å². The van der Waals surface area contributed by atoms with Gasteiger partial charge in [-0.15, -0.1) is 0 Å². The van der Waals surface area contributed by atoms with Crippen LogP contribution in [0.25, 0.3) is 5.57 Å². The van der Waals surface area contributed by atoms with Gasteiger partial charge in [0.1, 0.15) is 0 Å². The molecule has 1 aromatic carbocycles. The summed E-state index contributed by atoms with van der Waals surface area (Å²) in [6, 6.07) is 8.20. The molecule has 2 aliphatic rings. The van der Waals surface area contributed by atoms with Crippen molar-refractivity contribution in [1.29, 1.82) is 0 Å². The predicted molar refractivity (Wildman–Crippen MR) is 76.7 cm³/mol. The first-order valence-corrected chi connectivity index (χ1v) is 5.97. The lowest BCUT2D eigenvalue weighted by Gasteiger charge is -2.11. The molecule has 0 unspecified atom stereocenters. The van der Waals surface area contributed by atoms with Crippen LogP contribution in [0.15, 0.2) is 71.5 Å². The van der Waals surface area contributed by atoms with Crippen molar-refractivity contribution in [1.82, 2.24) is 4.90 Å². The van der Waals surface area contributed by atoms with Gasteiger partial charge in [-0.1, -0.05) is 30.4 Å². The monoisotopic (exact) mass is 234 g/mol. The molecule has 0 spiro atoms. The molecule has 0 saturated carbocycles. The highest BCUT2D eigenvalue weighted by molar-refractivity contribution is 6.16. The molecule has 0 aliphatic carbocycles. The van der Waals surface area contributed by atoms with Gasteiger partial charge in [0.2, 0.25) is 0 Å². The van der Waals surface area contributed by atoms with Gasteiger partial charge >= 0.3 is 0 Å². The number of hydrogen-bond acceptors (Lipinski definition) is 2. The molecule has 3 rings (SSSR count). The minimum Gasteiger partial charge on any atom is -0.357 e. The number of para-hydroxylation sites is 1. The van der Waals surface area contributed by atoms with E-state index in [0.29, 0.717) is 0 Å². The van der Waals surface area contributed by atoms with E-state index < -0.39 is 0 Å². The molecule has 2 heteroatoms. The summed E-state index contributed by atoms with van der Waals surface area (Å²) in [5.41, 5.74) is 4.61. The third-order valence-electron chi connectivity index (χ3n) is 3.02. The molecule has 0 N–H and O–H groups in total. The second-order valence-corrected chi connectivity index (χ2v) is 4.36. The van der Waals surface area contributed by atoms with Crippen LogP contribution in [0.3, 0.4) is 0 Å². The van der Waals surface area contributed by atoms with Crippen LogP contribution in [-0.2, 0) is 0 Å². The Bertz CT molecular complexity index is 600. The van der Waals surface area contributed by atoms with E-state index in [2.05, 4.69) is 35.4 Å². The van der Waals surface area contributed by atoms with Gasteiger partial charge in [-0.05, 0) is 23.8 Å². The summed E-state index contributed by atoms with van der Waals surface area (Å²) in [5.74, 6) is 0. The number of nitrogens with zero attached hydrogens (tertiary/aromatic N) is 2. The van der Waals surface area contributed by atoms with Crippen molar-refractivity contribution in [3.05, 3.63) is 72.1 Å². The molecule has 18 heavy (non-hydrogen) atoms. The normalized spacial score (nSPS) is 18.6. The second kappa shape index (κ2) is 4.49. The first kappa shape index (κ1) is 10.8. The minimum absolute atomic E-state index is 1.05. The van der Waals surface area contributed by atoms with E-state index in [1.807, 2.05) is 48.8 Å². The van der Waals surface area contributed by atoms with Crippen molar-refractivity contribution in [3.8, 4) is 0 Å². The summed E-state index contributed by atoms with van der Waals surface area (Å²) >= 11 is 0. The van der Waals surface area contributed by atoms with Crippen LogP contribution in [0.1, 0.15) is 5.56 Å². The van der Waals surface area contributed by atoms with Gasteiger partial charge in [-0.25, -0.2) is 0 Å². The lowest BCUT2D eigenvalue weighted by atomic mass is 10.1. The molecule has 2 nitrogen and oxygen atoms in total. The lowest BCUT2D eigenvalue weighted by Crippen LogP contribution is -2.02. The summed E-state index contributed by atoms with van der Waals surface area (Å²) in [5, 5.41) is 0. The van der Waals surface area contributed by atoms with E-state index >= 15 is 0 Å². The Balaban J connectivity index is 1.88. The van der Waals surface area contributed by atoms with E-state index in [0.717, 1.165) is 5.69 Å². The van der Waals surface area contributed by atoms with Gasteiger partial charge < -0.3 is 4.90 Å². The van der Waals surface area contributed by atoms with Crippen LogP contribution in [-0.4, -0.2) is 18.2 Å². The molecule has 0 bridgehead atoms. The third kappa shape index (κ3) is 2.05. The average molecular weight is 234 g/mol. The predicted octanol–water partition coefficient (Wildman–Crippen LogP) is 3.69. The van der Waals surface area contributed by atoms with E-state index in [1.54, 1.807) is 0 Å². The zero-order valence-electron chi connectivity index (χ0n) is 10.2. The van der Waals surface area contributed by atoms with E-state index in [4.69, 9.17) is 0 Å². The Morgan fingerprint density at radius 2 is 1.83 bits per heavy atom. The number of hydrogen-bond donors (Lipinski definition) is 0. The van der Waals surface area contributed by atoms with E-state index in [9.17, 15) is 0 Å². The quantitative estimate of drug-likeness (QED) is 0.723. The van der Waals surface area contributed by atoms with Gasteiger partial charge in [0.05, 0.1) is 5.69 Å². The maximum atomic E-state index is 4.39. The topological polar surface area (TPSA) is 15.6 Å². The SMILES string of the molecule is CN1C=CC(=C/C=C2\C=Nc3ccccc32)C=C1. The van der Waals surface area contributed by atoms with Crippen molar-refractivity contribution in [3.63, 3.8) is 0 Å². The Labute approximate surface area is 107 Å². The summed E-state index contributed by atoms with van der Waals surface area (Å²) in [7, 11) is 2.02. The third-order valence-corrected chi connectivity index (χ3v) is 3.02. The highest BCUT2D eigenvalue weighted by atomic mass is 15.0. The highest BCUT2D eigenvalue weighted by Crippen LogP contribution is 2.30. The summed E-state index contributed by atoms with van der Waals surface area (Å²) in [6.07, 6.45) is 14.4. The first-order valence-electron chi connectivity index (χ1n) is 5.97. The molecular weight excluding hydrogens is 220 g/mol. The standard InChI is InChI=1S/C16H14N2/c1-18-10-8-13(9-11-18)6-7-14-12-17-16-5-3-2-4-15(14)16/h2-12H,1H3/b14-7+. The molecule has 88 valence electrons. The lowest BCUT2D eigenvalue weighted by molar-refractivity contribution is 0.620. The number of aliphatic imine (C=N–C) groups is 1. The number of rotatable bonds is 1. The summed E-state index contributed by atoms with van der Waals surface area (Å²) in [6.45, 7) is 0. The maximum absolute atomic E-state index is 4.39. The highest BCUT2D eigenvalue weighted by Gasteiger charge is 2.09. The fraction of sp³-hybridized carbons (Fsp3) is 0.0625. The Hall–Kier alpha value is -2.35. The molecular formula is C16H14N2. The van der Waals surface area contributed by atoms with E-state index in [-0.39, 0.29) is 0 Å². The molecule has 0 aromatic heterocycles. The van der Waals surface area contributed by atoms with Crippen LogP contribution in [0.2, 0.25) is 0 Å². The molecule has 1 aromatic rings. The zero-order chi connectivity index (χ0) is 12.4. The van der Waals surface area contributed by atoms with Gasteiger partial charge in [-0.3, -0.25) is 4.99 Å². The first-order chi connectivity index (χ1) is 8.83. The van der Waals surface area contributed by atoms with Crippen molar-refractivity contribution < 1.29 is 0 Å². The molecule has 0 fully saturated rings. The summed E-state index contributed by atoms with van der Waals surface area (Å²) in [4.78, 5) is 6.41. The van der Waals surface area contributed by atoms with Gasteiger partial charge in [0.25, 0.3) is 0 Å².